The monoisotopic (exact) mass is 389 g/mol. The molecule has 0 saturated heterocycles. The number of nitrogens with zero attached hydrogens (tertiary/aromatic N) is 4. The van der Waals surface area contributed by atoms with E-state index in [1.165, 1.54) is 10.7 Å². The molecule has 0 aliphatic carbocycles. The fraction of sp³-hybridized carbons (Fsp3) is 0.294. The van der Waals surface area contributed by atoms with Gasteiger partial charge in [0, 0.05) is 17.4 Å². The van der Waals surface area contributed by atoms with Gasteiger partial charge in [-0.1, -0.05) is 25.5 Å². The molecule has 0 amide bonds. The van der Waals surface area contributed by atoms with Crippen LogP contribution in [0.2, 0.25) is 0 Å². The van der Waals surface area contributed by atoms with Gasteiger partial charge in [0.25, 0.3) is 0 Å². The molecule has 2 heterocycles. The Hall–Kier alpha value is -3.01. The Morgan fingerprint density at radius 3 is 2.81 bits per heavy atom. The lowest BCUT2D eigenvalue weighted by molar-refractivity contribution is -0.383. The highest BCUT2D eigenvalue weighted by atomic mass is 32.2. The van der Waals surface area contributed by atoms with E-state index >= 15 is 0 Å². The second-order valence-corrected chi connectivity index (χ2v) is 8.28. The van der Waals surface area contributed by atoms with Crippen LogP contribution in [0.3, 0.4) is 0 Å². The molecule has 0 spiro atoms. The molecule has 0 radical (unpaired) electrons. The van der Waals surface area contributed by atoms with Crippen molar-refractivity contribution in [2.75, 3.05) is 4.72 Å². The Morgan fingerprint density at radius 2 is 2.11 bits per heavy atom. The van der Waals surface area contributed by atoms with Crippen molar-refractivity contribution in [2.24, 2.45) is 0 Å². The van der Waals surface area contributed by atoms with Crippen molar-refractivity contribution in [3.63, 3.8) is 0 Å². The molecule has 1 N–H and O–H groups in total. The minimum Gasteiger partial charge on any atom is -0.283 e. The molecule has 0 saturated carbocycles. The van der Waals surface area contributed by atoms with Crippen molar-refractivity contribution < 1.29 is 13.3 Å². The van der Waals surface area contributed by atoms with Gasteiger partial charge in [0.15, 0.2) is 0 Å². The minimum atomic E-state index is -3.50. The van der Waals surface area contributed by atoms with E-state index in [9.17, 15) is 18.5 Å². The van der Waals surface area contributed by atoms with Gasteiger partial charge in [-0.2, -0.15) is 5.10 Å². The largest absolute Gasteiger partial charge is 0.333 e. The molecule has 0 aliphatic rings. The van der Waals surface area contributed by atoms with E-state index in [4.69, 9.17) is 0 Å². The van der Waals surface area contributed by atoms with Crippen LogP contribution in [-0.4, -0.2) is 33.2 Å². The van der Waals surface area contributed by atoms with E-state index in [-0.39, 0.29) is 11.3 Å². The number of rotatable bonds is 7. The zero-order chi connectivity index (χ0) is 19.6. The summed E-state index contributed by atoms with van der Waals surface area (Å²) in [5.41, 5.74) is 1.57. The van der Waals surface area contributed by atoms with E-state index in [1.807, 2.05) is 6.92 Å². The number of nitro groups is 1. The van der Waals surface area contributed by atoms with Crippen molar-refractivity contribution in [3.8, 4) is 11.3 Å². The van der Waals surface area contributed by atoms with Crippen molar-refractivity contribution in [1.82, 2.24) is 14.6 Å². The van der Waals surface area contributed by atoms with Gasteiger partial charge in [-0.05, 0) is 31.5 Å². The quantitative estimate of drug-likeness (QED) is 0.489. The molecule has 9 nitrogen and oxygen atoms in total. The predicted octanol–water partition coefficient (Wildman–Crippen LogP) is 3.23. The summed E-state index contributed by atoms with van der Waals surface area (Å²) in [6, 6.07) is 8.47. The average Bonchev–Trinajstić information content (AvgIpc) is 3.06. The number of aromatic nitrogens is 3. The Bertz CT molecular complexity index is 1090. The molecule has 142 valence electrons. The lowest BCUT2D eigenvalue weighted by Crippen LogP contribution is -2.25. The molecule has 27 heavy (non-hydrogen) atoms. The maximum atomic E-state index is 12.4. The first-order chi connectivity index (χ1) is 12.8. The molecule has 0 aliphatic heterocycles. The predicted molar refractivity (Wildman–Crippen MR) is 102 cm³/mol. The highest BCUT2D eigenvalue weighted by molar-refractivity contribution is 7.93. The minimum absolute atomic E-state index is 0.125. The van der Waals surface area contributed by atoms with Gasteiger partial charge in [-0.25, -0.2) is 17.9 Å². The van der Waals surface area contributed by atoms with Crippen molar-refractivity contribution >= 4 is 27.0 Å². The van der Waals surface area contributed by atoms with Crippen LogP contribution in [-0.2, 0) is 10.0 Å². The summed E-state index contributed by atoms with van der Waals surface area (Å²) in [7, 11) is -3.50. The fourth-order valence-corrected chi connectivity index (χ4v) is 4.00. The van der Waals surface area contributed by atoms with Crippen LogP contribution in [0.4, 0.5) is 11.4 Å². The van der Waals surface area contributed by atoms with Crippen LogP contribution in [0.15, 0.2) is 42.7 Å². The number of sulfonamides is 1. The Labute approximate surface area is 156 Å². The van der Waals surface area contributed by atoms with E-state index < -0.39 is 20.2 Å². The fourth-order valence-electron chi connectivity index (χ4n) is 2.80. The molecule has 2 aromatic heterocycles. The van der Waals surface area contributed by atoms with Crippen LogP contribution in [0, 0.1) is 10.1 Å². The maximum absolute atomic E-state index is 12.4. The third-order valence-corrected chi connectivity index (χ3v) is 6.04. The molecule has 10 heteroatoms. The third kappa shape index (κ3) is 3.75. The third-order valence-electron chi connectivity index (χ3n) is 4.22. The van der Waals surface area contributed by atoms with Gasteiger partial charge in [0.1, 0.15) is 6.20 Å². The second-order valence-electron chi connectivity index (χ2n) is 6.18. The van der Waals surface area contributed by atoms with E-state index in [0.29, 0.717) is 23.4 Å². The van der Waals surface area contributed by atoms with Crippen molar-refractivity contribution in [2.45, 2.75) is 31.9 Å². The average molecular weight is 389 g/mol. The lowest BCUT2D eigenvalue weighted by atomic mass is 10.1. The van der Waals surface area contributed by atoms with E-state index in [1.54, 1.807) is 37.3 Å². The normalized spacial score (nSPS) is 12.8. The first-order valence-electron chi connectivity index (χ1n) is 8.42. The van der Waals surface area contributed by atoms with Gasteiger partial charge in [0.05, 0.1) is 15.9 Å². The van der Waals surface area contributed by atoms with Crippen LogP contribution < -0.4 is 4.72 Å². The Balaban J connectivity index is 1.99. The molecule has 1 aromatic carbocycles. The summed E-state index contributed by atoms with van der Waals surface area (Å²) >= 11 is 0. The van der Waals surface area contributed by atoms with Crippen molar-refractivity contribution in [3.05, 3.63) is 52.8 Å². The van der Waals surface area contributed by atoms with Gasteiger partial charge in [-0.15, -0.1) is 0 Å². The van der Waals surface area contributed by atoms with Crippen molar-refractivity contribution in [1.29, 1.82) is 0 Å². The van der Waals surface area contributed by atoms with Crippen LogP contribution >= 0.6 is 0 Å². The van der Waals surface area contributed by atoms with Gasteiger partial charge in [0.2, 0.25) is 15.7 Å². The zero-order valence-electron chi connectivity index (χ0n) is 14.9. The summed E-state index contributed by atoms with van der Waals surface area (Å²) in [5.74, 6) is 0. The lowest BCUT2D eigenvalue weighted by Gasteiger charge is -2.14. The molecule has 3 rings (SSSR count). The molecular formula is C17H19N5O4S. The van der Waals surface area contributed by atoms with Gasteiger partial charge < -0.3 is 0 Å². The summed E-state index contributed by atoms with van der Waals surface area (Å²) in [6.07, 6.45) is 3.94. The molecule has 0 fully saturated rings. The molecular weight excluding hydrogens is 370 g/mol. The summed E-state index contributed by atoms with van der Waals surface area (Å²) < 4.78 is 28.8. The molecule has 3 aromatic rings. The second kappa shape index (κ2) is 7.31. The van der Waals surface area contributed by atoms with Crippen LogP contribution in [0.5, 0.6) is 0 Å². The summed E-state index contributed by atoms with van der Waals surface area (Å²) in [6.45, 7) is 3.61. The summed E-state index contributed by atoms with van der Waals surface area (Å²) in [5, 5.41) is 14.6. The number of fused-ring (bicyclic) bond motifs is 1. The molecule has 1 atom stereocenters. The standard InChI is InChI=1S/C17H19N5O4S/c1-3-5-12(2)27(25,26)20-14-7-4-6-13(10-14)15-8-9-18-17-16(22(23)24)11-19-21(15)17/h4,6-12,20H,3,5H2,1-2H3. The number of hydrogen-bond acceptors (Lipinski definition) is 6. The Morgan fingerprint density at radius 1 is 1.33 bits per heavy atom. The highest BCUT2D eigenvalue weighted by Gasteiger charge is 2.21. The highest BCUT2D eigenvalue weighted by Crippen LogP contribution is 2.26. The number of benzene rings is 1. The van der Waals surface area contributed by atoms with E-state index in [0.717, 1.165) is 12.6 Å². The topological polar surface area (TPSA) is 120 Å². The Kier molecular flexibility index (Phi) is 5.08. The van der Waals surface area contributed by atoms with Crippen LogP contribution in [0.1, 0.15) is 26.7 Å². The molecule has 1 unspecified atom stereocenters. The molecule has 0 bridgehead atoms. The number of nitrogens with one attached hydrogen (secondary N) is 1. The zero-order valence-corrected chi connectivity index (χ0v) is 15.7. The smallest absolute Gasteiger partial charge is 0.283 e. The van der Waals surface area contributed by atoms with Gasteiger partial charge >= 0.3 is 5.69 Å². The maximum Gasteiger partial charge on any atom is 0.333 e. The van der Waals surface area contributed by atoms with Crippen LogP contribution in [0.25, 0.3) is 16.9 Å². The number of hydrogen-bond donors (Lipinski definition) is 1. The SMILES string of the molecule is CCCC(C)S(=O)(=O)Nc1cccc(-c2ccnc3c([N+](=O)[O-])cnn23)c1. The van der Waals surface area contributed by atoms with Gasteiger partial charge in [-0.3, -0.25) is 14.8 Å². The van der Waals surface area contributed by atoms with E-state index in [2.05, 4.69) is 14.8 Å². The summed E-state index contributed by atoms with van der Waals surface area (Å²) in [4.78, 5) is 14.6. The number of anilines is 1. The first-order valence-corrected chi connectivity index (χ1v) is 9.97. The first kappa shape index (κ1) is 18.8.